The topological polar surface area (TPSA) is 57.0 Å². The van der Waals surface area contributed by atoms with Crippen LogP contribution in [0.25, 0.3) is 0 Å². The Balaban J connectivity index is 0.000000920. The molecule has 0 heterocycles. The van der Waals surface area contributed by atoms with Gasteiger partial charge in [0.05, 0.1) is 18.6 Å². The SMILES string of the molecule is CCCCC.CCOc1ccccc1OCCN(C)C(C)Cc1ccc(OC)c(SN)c1. The molecule has 0 radical (unpaired) electrons. The molecule has 0 aliphatic rings. The van der Waals surface area contributed by atoms with E-state index in [1.54, 1.807) is 7.11 Å². The van der Waals surface area contributed by atoms with Crippen LogP contribution in [0.2, 0.25) is 0 Å². The van der Waals surface area contributed by atoms with Crippen molar-refractivity contribution in [2.45, 2.75) is 64.3 Å². The molecule has 1 unspecified atom stereocenters. The monoisotopic (exact) mass is 462 g/mol. The van der Waals surface area contributed by atoms with Crippen molar-refractivity contribution in [2.24, 2.45) is 5.14 Å². The maximum atomic E-state index is 5.92. The molecule has 2 N–H and O–H groups in total. The van der Waals surface area contributed by atoms with Crippen LogP contribution in [-0.2, 0) is 6.42 Å². The molecule has 0 aliphatic carbocycles. The van der Waals surface area contributed by atoms with Crippen molar-refractivity contribution in [3.05, 3.63) is 48.0 Å². The summed E-state index contributed by atoms with van der Waals surface area (Å²) in [6.45, 7) is 10.7. The summed E-state index contributed by atoms with van der Waals surface area (Å²) in [4.78, 5) is 3.25. The molecule has 0 saturated carbocycles. The van der Waals surface area contributed by atoms with E-state index in [9.17, 15) is 0 Å². The number of para-hydroxylation sites is 2. The van der Waals surface area contributed by atoms with Crippen LogP contribution in [0.5, 0.6) is 17.2 Å². The lowest BCUT2D eigenvalue weighted by Gasteiger charge is -2.25. The number of hydrogen-bond donors (Lipinski definition) is 1. The standard InChI is InChI=1S/C21H30N2O3S.C5H12/c1-5-25-18-8-6-7-9-19(18)26-13-12-23(3)16(2)14-17-10-11-20(24-4)21(15-17)27-22;1-3-5-4-2/h6-11,15-16H,5,12-14,22H2,1-4H3;3-5H2,1-2H3. The van der Waals surface area contributed by atoms with Crippen molar-refractivity contribution in [3.63, 3.8) is 0 Å². The number of ether oxygens (including phenoxy) is 3. The molecule has 2 aromatic carbocycles. The maximum absolute atomic E-state index is 5.92. The van der Waals surface area contributed by atoms with E-state index in [-0.39, 0.29) is 0 Å². The average molecular weight is 463 g/mol. The smallest absolute Gasteiger partial charge is 0.161 e. The summed E-state index contributed by atoms with van der Waals surface area (Å²) < 4.78 is 16.9. The summed E-state index contributed by atoms with van der Waals surface area (Å²) in [5.41, 5.74) is 1.24. The molecule has 0 amide bonds. The summed E-state index contributed by atoms with van der Waals surface area (Å²) in [6.07, 6.45) is 5.01. The molecule has 32 heavy (non-hydrogen) atoms. The van der Waals surface area contributed by atoms with Crippen LogP contribution in [0.1, 0.15) is 52.5 Å². The van der Waals surface area contributed by atoms with Gasteiger partial charge in [0.2, 0.25) is 0 Å². The normalized spacial score (nSPS) is 11.5. The molecule has 2 aromatic rings. The summed E-state index contributed by atoms with van der Waals surface area (Å²) in [6, 6.07) is 14.3. The lowest BCUT2D eigenvalue weighted by atomic mass is 10.1. The van der Waals surface area contributed by atoms with Gasteiger partial charge in [-0.3, -0.25) is 10.0 Å². The summed E-state index contributed by atoms with van der Waals surface area (Å²) in [7, 11) is 3.78. The number of rotatable bonds is 13. The molecular formula is C26H42N2O3S. The summed E-state index contributed by atoms with van der Waals surface area (Å²) >= 11 is 1.22. The van der Waals surface area contributed by atoms with Crippen molar-refractivity contribution in [1.29, 1.82) is 0 Å². The van der Waals surface area contributed by atoms with Gasteiger partial charge in [-0.15, -0.1) is 0 Å². The fourth-order valence-electron chi connectivity index (χ4n) is 3.15. The molecule has 0 aliphatic heterocycles. The van der Waals surface area contributed by atoms with E-state index < -0.39 is 0 Å². The quantitative estimate of drug-likeness (QED) is 0.358. The highest BCUT2D eigenvalue weighted by Crippen LogP contribution is 2.28. The predicted octanol–water partition coefficient (Wildman–Crippen LogP) is 6.20. The predicted molar refractivity (Wildman–Crippen MR) is 137 cm³/mol. The number of nitrogens with two attached hydrogens (primary N) is 1. The average Bonchev–Trinajstić information content (AvgIpc) is 2.81. The Morgan fingerprint density at radius 2 is 1.62 bits per heavy atom. The van der Waals surface area contributed by atoms with Crippen LogP contribution in [0, 0.1) is 0 Å². The second kappa shape index (κ2) is 16.7. The van der Waals surface area contributed by atoms with Gasteiger partial charge in [-0.25, -0.2) is 0 Å². The van der Waals surface area contributed by atoms with Crippen molar-refractivity contribution >= 4 is 11.9 Å². The van der Waals surface area contributed by atoms with Crippen LogP contribution >= 0.6 is 11.9 Å². The van der Waals surface area contributed by atoms with Crippen LogP contribution in [-0.4, -0.2) is 44.9 Å². The van der Waals surface area contributed by atoms with Gasteiger partial charge in [0.25, 0.3) is 0 Å². The van der Waals surface area contributed by atoms with E-state index in [4.69, 9.17) is 19.3 Å². The Morgan fingerprint density at radius 1 is 0.969 bits per heavy atom. The molecule has 0 aromatic heterocycles. The third-order valence-electron chi connectivity index (χ3n) is 5.20. The number of hydrogen-bond acceptors (Lipinski definition) is 6. The highest BCUT2D eigenvalue weighted by Gasteiger charge is 2.12. The fraction of sp³-hybridized carbons (Fsp3) is 0.538. The first-order valence-corrected chi connectivity index (χ1v) is 12.5. The molecule has 180 valence electrons. The molecule has 5 nitrogen and oxygen atoms in total. The first-order chi connectivity index (χ1) is 15.5. The zero-order valence-electron chi connectivity index (χ0n) is 20.7. The maximum Gasteiger partial charge on any atom is 0.161 e. The molecular weight excluding hydrogens is 420 g/mol. The summed E-state index contributed by atoms with van der Waals surface area (Å²) in [5, 5.41) is 5.74. The lowest BCUT2D eigenvalue weighted by Crippen LogP contribution is -2.34. The molecule has 2 rings (SSSR count). The highest BCUT2D eigenvalue weighted by molar-refractivity contribution is 7.97. The van der Waals surface area contributed by atoms with E-state index in [0.29, 0.717) is 19.3 Å². The fourth-order valence-corrected chi connectivity index (χ4v) is 3.64. The number of benzene rings is 2. The third-order valence-corrected chi connectivity index (χ3v) is 5.77. The number of unbranched alkanes of at least 4 members (excludes halogenated alkanes) is 2. The molecule has 0 spiro atoms. The number of nitrogens with zero attached hydrogens (tertiary/aromatic N) is 1. The Labute approximate surface area is 199 Å². The van der Waals surface area contributed by atoms with Crippen molar-refractivity contribution in [1.82, 2.24) is 4.90 Å². The van der Waals surface area contributed by atoms with Crippen molar-refractivity contribution in [3.8, 4) is 17.2 Å². The molecule has 1 atom stereocenters. The van der Waals surface area contributed by atoms with E-state index >= 15 is 0 Å². The van der Waals surface area contributed by atoms with Gasteiger partial charge in [0.1, 0.15) is 12.4 Å². The molecule has 0 bridgehead atoms. The summed E-state index contributed by atoms with van der Waals surface area (Å²) in [5.74, 6) is 2.40. The van der Waals surface area contributed by atoms with Gasteiger partial charge in [0.15, 0.2) is 11.5 Å². The van der Waals surface area contributed by atoms with Gasteiger partial charge in [-0.1, -0.05) is 51.3 Å². The highest BCUT2D eigenvalue weighted by atomic mass is 32.2. The first-order valence-electron chi connectivity index (χ1n) is 11.6. The zero-order valence-corrected chi connectivity index (χ0v) is 21.5. The Bertz CT molecular complexity index is 756. The van der Waals surface area contributed by atoms with Crippen LogP contribution in [0.15, 0.2) is 47.4 Å². The van der Waals surface area contributed by atoms with Crippen LogP contribution in [0.4, 0.5) is 0 Å². The largest absolute Gasteiger partial charge is 0.496 e. The minimum absolute atomic E-state index is 0.375. The van der Waals surface area contributed by atoms with Crippen molar-refractivity contribution < 1.29 is 14.2 Å². The molecule has 0 saturated heterocycles. The van der Waals surface area contributed by atoms with Crippen molar-refractivity contribution in [2.75, 3.05) is 33.9 Å². The second-order valence-corrected chi connectivity index (χ2v) is 8.39. The number of methoxy groups -OCH3 is 1. The molecule has 6 heteroatoms. The van der Waals surface area contributed by atoms with Gasteiger partial charge < -0.3 is 14.2 Å². The van der Waals surface area contributed by atoms with E-state index in [0.717, 1.165) is 35.1 Å². The van der Waals surface area contributed by atoms with Gasteiger partial charge in [-0.05, 0) is 69.1 Å². The molecule has 0 fully saturated rings. The van der Waals surface area contributed by atoms with Crippen LogP contribution < -0.4 is 19.3 Å². The number of likely N-dealkylation sites (N-methyl/N-ethyl adjacent to an activating group) is 1. The lowest BCUT2D eigenvalue weighted by molar-refractivity contribution is 0.193. The van der Waals surface area contributed by atoms with E-state index in [1.807, 2.05) is 37.3 Å². The minimum Gasteiger partial charge on any atom is -0.496 e. The van der Waals surface area contributed by atoms with Gasteiger partial charge >= 0.3 is 0 Å². The van der Waals surface area contributed by atoms with Crippen LogP contribution in [0.3, 0.4) is 0 Å². The zero-order chi connectivity index (χ0) is 23.8. The van der Waals surface area contributed by atoms with Gasteiger partial charge in [-0.2, -0.15) is 0 Å². The van der Waals surface area contributed by atoms with E-state index in [2.05, 4.69) is 44.9 Å². The third kappa shape index (κ3) is 10.2. The van der Waals surface area contributed by atoms with Gasteiger partial charge in [0, 0.05) is 12.6 Å². The Kier molecular flexibility index (Phi) is 14.7. The minimum atomic E-state index is 0.375. The Morgan fingerprint density at radius 3 is 2.16 bits per heavy atom. The first kappa shape index (κ1) is 28.1. The Hall–Kier alpha value is -1.89. The second-order valence-electron chi connectivity index (χ2n) is 7.72. The van der Waals surface area contributed by atoms with E-state index in [1.165, 1.54) is 36.8 Å².